The van der Waals surface area contributed by atoms with Crippen molar-refractivity contribution in [3.63, 3.8) is 0 Å². The molecule has 0 aromatic rings. The highest BCUT2D eigenvalue weighted by atomic mass is 16.6. The fraction of sp³-hybridized carbons (Fsp3) is 0.833. The summed E-state index contributed by atoms with van der Waals surface area (Å²) in [5.74, 6) is -0.620. The Kier molecular flexibility index (Phi) is 2.24. The van der Waals surface area contributed by atoms with E-state index >= 15 is 0 Å². The minimum Gasteiger partial charge on any atom is -0.458 e. The second-order valence-corrected chi connectivity index (χ2v) is 2.33. The van der Waals surface area contributed by atoms with Crippen LogP contribution in [0.2, 0.25) is 0 Å². The Morgan fingerprint density at radius 2 is 2.30 bits per heavy atom. The van der Waals surface area contributed by atoms with Crippen molar-refractivity contribution in [3.8, 4) is 0 Å². The van der Waals surface area contributed by atoms with E-state index in [0.29, 0.717) is 12.8 Å². The van der Waals surface area contributed by atoms with Gasteiger partial charge in [0.1, 0.15) is 6.10 Å². The Morgan fingerprint density at radius 1 is 1.60 bits per heavy atom. The Morgan fingerprint density at radius 3 is 2.80 bits per heavy atom. The topological polar surface area (TPSA) is 66.8 Å². The summed E-state index contributed by atoms with van der Waals surface area (Å²) in [6.45, 7) is -0.154. The number of cyclic esters (lactones) is 1. The maximum atomic E-state index is 10.6. The third-order valence-corrected chi connectivity index (χ3v) is 1.52. The smallest absolute Gasteiger partial charge is 0.335 e. The molecule has 1 saturated heterocycles. The van der Waals surface area contributed by atoms with Gasteiger partial charge in [-0.1, -0.05) is 0 Å². The van der Waals surface area contributed by atoms with E-state index in [0.717, 1.165) is 0 Å². The summed E-state index contributed by atoms with van der Waals surface area (Å²) in [5.41, 5.74) is 0. The van der Waals surface area contributed by atoms with E-state index in [1.165, 1.54) is 0 Å². The lowest BCUT2D eigenvalue weighted by Gasteiger charge is -2.23. The van der Waals surface area contributed by atoms with Gasteiger partial charge >= 0.3 is 5.97 Å². The van der Waals surface area contributed by atoms with Crippen LogP contribution >= 0.6 is 0 Å². The highest BCUT2D eigenvalue weighted by Gasteiger charge is 2.27. The summed E-state index contributed by atoms with van der Waals surface area (Å²) < 4.78 is 4.61. The second kappa shape index (κ2) is 2.98. The third kappa shape index (κ3) is 1.46. The quantitative estimate of drug-likeness (QED) is 0.468. The molecule has 1 fully saturated rings. The standard InChI is InChI=1S/C6H10O4/c7-3-4-1-2-5(8)6(9)10-4/h4-5,7-8H,1-3H2/t4-,5+/m0/s1. The molecule has 58 valence electrons. The molecule has 4 heteroatoms. The lowest BCUT2D eigenvalue weighted by Crippen LogP contribution is -2.36. The van der Waals surface area contributed by atoms with Gasteiger partial charge in [0.2, 0.25) is 0 Å². The number of rotatable bonds is 1. The summed E-state index contributed by atoms with van der Waals surface area (Å²) in [7, 11) is 0. The van der Waals surface area contributed by atoms with E-state index in [1.807, 2.05) is 0 Å². The van der Waals surface area contributed by atoms with Crippen molar-refractivity contribution in [2.45, 2.75) is 25.0 Å². The fourth-order valence-corrected chi connectivity index (χ4v) is 0.892. The number of hydrogen-bond donors (Lipinski definition) is 2. The molecule has 0 radical (unpaired) electrons. The van der Waals surface area contributed by atoms with Crippen molar-refractivity contribution in [2.24, 2.45) is 0 Å². The average Bonchev–Trinajstić information content (AvgIpc) is 1.95. The van der Waals surface area contributed by atoms with Crippen molar-refractivity contribution in [3.05, 3.63) is 0 Å². The zero-order valence-electron chi connectivity index (χ0n) is 5.49. The molecule has 10 heavy (non-hydrogen) atoms. The van der Waals surface area contributed by atoms with Gasteiger partial charge in [0.15, 0.2) is 6.10 Å². The molecule has 2 atom stereocenters. The van der Waals surface area contributed by atoms with Gasteiger partial charge < -0.3 is 14.9 Å². The lowest BCUT2D eigenvalue weighted by molar-refractivity contribution is -0.169. The molecule has 0 spiro atoms. The number of carbonyl (C=O) groups excluding carboxylic acids is 1. The SMILES string of the molecule is O=C1O[C@H](CO)CC[C@H]1O. The number of aliphatic hydroxyl groups excluding tert-OH is 2. The van der Waals surface area contributed by atoms with E-state index in [2.05, 4.69) is 4.74 Å². The van der Waals surface area contributed by atoms with Crippen LogP contribution in [0.1, 0.15) is 12.8 Å². The minimum atomic E-state index is -0.984. The number of hydrogen-bond acceptors (Lipinski definition) is 4. The zero-order chi connectivity index (χ0) is 7.56. The number of aliphatic hydroxyl groups is 2. The van der Waals surface area contributed by atoms with Crippen molar-refractivity contribution in [1.82, 2.24) is 0 Å². The molecule has 0 aromatic heterocycles. The summed E-state index contributed by atoms with van der Waals surface area (Å²) in [5, 5.41) is 17.4. The molecule has 1 heterocycles. The van der Waals surface area contributed by atoms with Crippen LogP contribution in [0.5, 0.6) is 0 Å². The summed E-state index contributed by atoms with van der Waals surface area (Å²) in [4.78, 5) is 10.6. The Hall–Kier alpha value is -0.610. The molecule has 2 N–H and O–H groups in total. The predicted octanol–water partition coefficient (Wildman–Crippen LogP) is -0.955. The summed E-state index contributed by atoms with van der Waals surface area (Å²) in [6, 6.07) is 0. The van der Waals surface area contributed by atoms with Crippen LogP contribution in [0.3, 0.4) is 0 Å². The van der Waals surface area contributed by atoms with Gasteiger partial charge in [0.05, 0.1) is 6.61 Å². The van der Waals surface area contributed by atoms with Gasteiger partial charge in [-0.05, 0) is 12.8 Å². The second-order valence-electron chi connectivity index (χ2n) is 2.33. The molecule has 1 rings (SSSR count). The van der Waals surface area contributed by atoms with E-state index < -0.39 is 18.2 Å². The van der Waals surface area contributed by atoms with Crippen LogP contribution in [-0.4, -0.2) is 35.0 Å². The molecule has 0 amide bonds. The van der Waals surface area contributed by atoms with Gasteiger partial charge in [-0.15, -0.1) is 0 Å². The van der Waals surface area contributed by atoms with Crippen molar-refractivity contribution in [1.29, 1.82) is 0 Å². The van der Waals surface area contributed by atoms with Crippen LogP contribution in [0.15, 0.2) is 0 Å². The monoisotopic (exact) mass is 146 g/mol. The number of ether oxygens (including phenoxy) is 1. The van der Waals surface area contributed by atoms with Crippen LogP contribution in [0, 0.1) is 0 Å². The first-order chi connectivity index (χ1) is 4.74. The van der Waals surface area contributed by atoms with Crippen LogP contribution in [-0.2, 0) is 9.53 Å². The maximum Gasteiger partial charge on any atom is 0.335 e. The van der Waals surface area contributed by atoms with Gasteiger partial charge in [-0.2, -0.15) is 0 Å². The number of esters is 1. The largest absolute Gasteiger partial charge is 0.458 e. The fourth-order valence-electron chi connectivity index (χ4n) is 0.892. The molecule has 0 bridgehead atoms. The zero-order valence-corrected chi connectivity index (χ0v) is 5.49. The van der Waals surface area contributed by atoms with Gasteiger partial charge in [-0.3, -0.25) is 0 Å². The normalized spacial score (nSPS) is 33.6. The Balaban J connectivity index is 2.41. The van der Waals surface area contributed by atoms with Crippen LogP contribution in [0.4, 0.5) is 0 Å². The Bertz CT molecular complexity index is 134. The van der Waals surface area contributed by atoms with Gasteiger partial charge in [0, 0.05) is 0 Å². The summed E-state index contributed by atoms with van der Waals surface area (Å²) in [6.07, 6.45) is -0.452. The maximum absolute atomic E-state index is 10.6. The van der Waals surface area contributed by atoms with Gasteiger partial charge in [-0.25, -0.2) is 4.79 Å². The van der Waals surface area contributed by atoms with Crippen LogP contribution < -0.4 is 0 Å². The summed E-state index contributed by atoms with van der Waals surface area (Å²) >= 11 is 0. The van der Waals surface area contributed by atoms with Crippen molar-refractivity contribution in [2.75, 3.05) is 6.61 Å². The van der Waals surface area contributed by atoms with Crippen molar-refractivity contribution >= 4 is 5.97 Å². The first kappa shape index (κ1) is 7.50. The highest BCUT2D eigenvalue weighted by molar-refractivity contribution is 5.75. The predicted molar refractivity (Wildman–Crippen MR) is 32.2 cm³/mol. The molecule has 4 nitrogen and oxygen atoms in total. The molecule has 1 aliphatic rings. The third-order valence-electron chi connectivity index (χ3n) is 1.52. The van der Waals surface area contributed by atoms with E-state index in [4.69, 9.17) is 10.2 Å². The molecule has 0 aromatic carbocycles. The van der Waals surface area contributed by atoms with Crippen molar-refractivity contribution < 1.29 is 19.7 Å². The van der Waals surface area contributed by atoms with E-state index in [9.17, 15) is 4.79 Å². The number of carbonyl (C=O) groups is 1. The van der Waals surface area contributed by atoms with Gasteiger partial charge in [0.25, 0.3) is 0 Å². The van der Waals surface area contributed by atoms with E-state index in [-0.39, 0.29) is 6.61 Å². The van der Waals surface area contributed by atoms with E-state index in [1.54, 1.807) is 0 Å². The molecule has 0 saturated carbocycles. The molecule has 0 unspecified atom stereocenters. The Labute approximate surface area is 58.4 Å². The molecule has 0 aliphatic carbocycles. The first-order valence-electron chi connectivity index (χ1n) is 3.23. The molecule has 1 aliphatic heterocycles. The van der Waals surface area contributed by atoms with Crippen LogP contribution in [0.25, 0.3) is 0 Å². The first-order valence-corrected chi connectivity index (χ1v) is 3.23. The highest BCUT2D eigenvalue weighted by Crippen LogP contribution is 2.13. The lowest BCUT2D eigenvalue weighted by atomic mass is 10.1. The average molecular weight is 146 g/mol. The minimum absolute atomic E-state index is 0.154. The molecular formula is C6H10O4. The molecular weight excluding hydrogens is 136 g/mol.